The summed E-state index contributed by atoms with van der Waals surface area (Å²) in [6.45, 7) is 0. The van der Waals surface area contributed by atoms with E-state index in [-0.39, 0.29) is 5.84 Å². The minimum Gasteiger partial charge on any atom is -0.497 e. The van der Waals surface area contributed by atoms with Crippen LogP contribution in [-0.2, 0) is 0 Å². The summed E-state index contributed by atoms with van der Waals surface area (Å²) in [7, 11) is 1.58. The van der Waals surface area contributed by atoms with Crippen molar-refractivity contribution in [2.24, 2.45) is 0 Å². The van der Waals surface area contributed by atoms with Gasteiger partial charge < -0.3 is 4.74 Å². The van der Waals surface area contributed by atoms with Crippen molar-refractivity contribution in [2.75, 3.05) is 12.0 Å². The van der Waals surface area contributed by atoms with Crippen LogP contribution in [-0.4, -0.2) is 17.9 Å². The second-order valence-electron chi connectivity index (χ2n) is 3.70. The van der Waals surface area contributed by atoms with E-state index in [2.05, 4.69) is 4.98 Å². The molecule has 0 bridgehead atoms. The molecule has 1 aromatic carbocycles. The minimum atomic E-state index is 0.0354. The molecule has 0 atom stereocenters. The Kier molecular flexibility index (Phi) is 3.74. The van der Waals surface area contributed by atoms with Gasteiger partial charge >= 0.3 is 0 Å². The third-order valence-electron chi connectivity index (χ3n) is 2.56. The number of anilines is 1. The smallest absolute Gasteiger partial charge is 0.190 e. The maximum absolute atomic E-state index is 9.21. The first kappa shape index (κ1) is 12.6. The summed E-state index contributed by atoms with van der Waals surface area (Å²) in [6, 6.07) is 12.2. The van der Waals surface area contributed by atoms with Crippen LogP contribution in [0.3, 0.4) is 0 Å². The molecule has 0 aliphatic carbocycles. The molecule has 0 fully saturated rings. The third-order valence-corrected chi connectivity index (χ3v) is 2.56. The van der Waals surface area contributed by atoms with Crippen LogP contribution >= 0.6 is 0 Å². The lowest BCUT2D eigenvalue weighted by atomic mass is 10.2. The average Bonchev–Trinajstić information content (AvgIpc) is 2.49. The van der Waals surface area contributed by atoms with Gasteiger partial charge in [-0.15, -0.1) is 0 Å². The van der Waals surface area contributed by atoms with E-state index in [4.69, 9.17) is 10.1 Å². The van der Waals surface area contributed by atoms with E-state index >= 15 is 0 Å². The maximum atomic E-state index is 9.21. The topological polar surface area (TPSA) is 73.0 Å². The van der Waals surface area contributed by atoms with Gasteiger partial charge in [-0.3, -0.25) is 10.4 Å². The fourth-order valence-electron chi connectivity index (χ4n) is 1.59. The fraction of sp³-hybridized carbons (Fsp3) is 0.0714. The number of hydrogen-bond acceptors (Lipinski definition) is 4. The maximum Gasteiger partial charge on any atom is 0.190 e. The van der Waals surface area contributed by atoms with E-state index in [1.807, 2.05) is 6.19 Å². The van der Waals surface area contributed by atoms with Gasteiger partial charge in [-0.2, -0.15) is 5.26 Å². The fourth-order valence-corrected chi connectivity index (χ4v) is 1.59. The standard InChI is InChI=1S/C14H12N4O/c1-19-12-7-5-11(6-8-12)18(10-15)14(16)13-4-2-3-9-17-13/h2-9,16H,1H3. The Hall–Kier alpha value is -2.87. The van der Waals surface area contributed by atoms with E-state index in [1.54, 1.807) is 55.8 Å². The summed E-state index contributed by atoms with van der Waals surface area (Å²) >= 11 is 0. The molecule has 1 aromatic heterocycles. The van der Waals surface area contributed by atoms with Crippen LogP contribution in [0.5, 0.6) is 5.75 Å². The van der Waals surface area contributed by atoms with Crippen molar-refractivity contribution in [3.8, 4) is 11.9 Å². The third kappa shape index (κ3) is 2.69. The summed E-state index contributed by atoms with van der Waals surface area (Å²) in [5, 5.41) is 17.2. The van der Waals surface area contributed by atoms with Crippen LogP contribution in [0.25, 0.3) is 0 Å². The lowest BCUT2D eigenvalue weighted by molar-refractivity contribution is 0.415. The molecule has 0 aliphatic heterocycles. The highest BCUT2D eigenvalue weighted by atomic mass is 16.5. The number of rotatable bonds is 3. The molecule has 0 unspecified atom stereocenters. The summed E-state index contributed by atoms with van der Waals surface area (Å²) < 4.78 is 5.06. The molecular formula is C14H12N4O. The molecule has 0 spiro atoms. The monoisotopic (exact) mass is 252 g/mol. The minimum absolute atomic E-state index is 0.0354. The van der Waals surface area contributed by atoms with Crippen LogP contribution in [0.4, 0.5) is 5.69 Å². The summed E-state index contributed by atoms with van der Waals surface area (Å²) in [6.07, 6.45) is 3.57. The number of nitrogens with one attached hydrogen (secondary N) is 1. The predicted octanol–water partition coefficient (Wildman–Crippen LogP) is 2.40. The van der Waals surface area contributed by atoms with Gasteiger partial charge in [0.25, 0.3) is 0 Å². The molecular weight excluding hydrogens is 240 g/mol. The van der Waals surface area contributed by atoms with Crippen molar-refractivity contribution >= 4 is 11.5 Å². The molecule has 1 N–H and O–H groups in total. The Labute approximate surface area is 111 Å². The van der Waals surface area contributed by atoms with Crippen LogP contribution in [0.1, 0.15) is 5.69 Å². The number of benzene rings is 1. The zero-order valence-electron chi connectivity index (χ0n) is 10.4. The van der Waals surface area contributed by atoms with Crippen molar-refractivity contribution in [1.82, 2.24) is 4.98 Å². The van der Waals surface area contributed by atoms with Crippen molar-refractivity contribution < 1.29 is 4.74 Å². The normalized spacial score (nSPS) is 9.47. The number of nitrogens with zero attached hydrogens (tertiary/aromatic N) is 3. The molecule has 5 nitrogen and oxygen atoms in total. The lowest BCUT2D eigenvalue weighted by Crippen LogP contribution is -2.26. The Morgan fingerprint density at radius 3 is 2.53 bits per heavy atom. The van der Waals surface area contributed by atoms with Gasteiger partial charge in [0, 0.05) is 6.20 Å². The number of methoxy groups -OCH3 is 1. The van der Waals surface area contributed by atoms with E-state index in [0.717, 1.165) is 0 Å². The molecule has 0 radical (unpaired) electrons. The van der Waals surface area contributed by atoms with E-state index in [0.29, 0.717) is 17.1 Å². The van der Waals surface area contributed by atoms with Crippen LogP contribution in [0.2, 0.25) is 0 Å². The number of pyridine rings is 1. The van der Waals surface area contributed by atoms with E-state index in [1.165, 1.54) is 4.90 Å². The van der Waals surface area contributed by atoms with Gasteiger partial charge in [-0.25, -0.2) is 4.90 Å². The van der Waals surface area contributed by atoms with Gasteiger partial charge in [0.15, 0.2) is 12.0 Å². The van der Waals surface area contributed by atoms with Gasteiger partial charge in [0.1, 0.15) is 11.4 Å². The highest BCUT2D eigenvalue weighted by Gasteiger charge is 2.14. The van der Waals surface area contributed by atoms with Crippen molar-refractivity contribution in [3.05, 3.63) is 54.4 Å². The number of ether oxygens (including phenoxy) is 1. The average molecular weight is 252 g/mol. The number of amidine groups is 1. The molecule has 2 rings (SSSR count). The van der Waals surface area contributed by atoms with Gasteiger partial charge in [-0.1, -0.05) is 6.07 Å². The first-order chi connectivity index (χ1) is 9.26. The largest absolute Gasteiger partial charge is 0.497 e. The van der Waals surface area contributed by atoms with Crippen LogP contribution in [0.15, 0.2) is 48.7 Å². The first-order valence-electron chi connectivity index (χ1n) is 5.60. The van der Waals surface area contributed by atoms with Crippen LogP contribution < -0.4 is 9.64 Å². The highest BCUT2D eigenvalue weighted by molar-refractivity contribution is 6.08. The molecule has 94 valence electrons. The number of aromatic nitrogens is 1. The van der Waals surface area contributed by atoms with Crippen molar-refractivity contribution in [2.45, 2.75) is 0 Å². The predicted molar refractivity (Wildman–Crippen MR) is 72.2 cm³/mol. The van der Waals surface area contributed by atoms with Gasteiger partial charge in [0.05, 0.1) is 12.8 Å². The molecule has 19 heavy (non-hydrogen) atoms. The SMILES string of the molecule is COc1ccc(N(C#N)C(=N)c2ccccn2)cc1. The van der Waals surface area contributed by atoms with Crippen molar-refractivity contribution in [3.63, 3.8) is 0 Å². The molecule has 2 aromatic rings. The molecule has 0 saturated carbocycles. The van der Waals surface area contributed by atoms with E-state index < -0.39 is 0 Å². The zero-order valence-corrected chi connectivity index (χ0v) is 10.4. The second kappa shape index (κ2) is 5.65. The Balaban J connectivity index is 2.30. The van der Waals surface area contributed by atoms with E-state index in [9.17, 15) is 5.26 Å². The number of nitriles is 1. The summed E-state index contributed by atoms with van der Waals surface area (Å²) in [5.74, 6) is 0.735. The number of hydrogen-bond donors (Lipinski definition) is 1. The lowest BCUT2D eigenvalue weighted by Gasteiger charge is -2.16. The zero-order chi connectivity index (χ0) is 13.7. The Morgan fingerprint density at radius 2 is 2.00 bits per heavy atom. The Bertz CT molecular complexity index is 602. The van der Waals surface area contributed by atoms with Gasteiger partial charge in [0.2, 0.25) is 0 Å². The summed E-state index contributed by atoms with van der Waals surface area (Å²) in [5.41, 5.74) is 1.04. The summed E-state index contributed by atoms with van der Waals surface area (Å²) in [4.78, 5) is 5.27. The molecule has 0 saturated heterocycles. The molecule has 5 heteroatoms. The Morgan fingerprint density at radius 1 is 1.26 bits per heavy atom. The quantitative estimate of drug-likeness (QED) is 0.394. The molecule has 1 heterocycles. The van der Waals surface area contributed by atoms with Crippen LogP contribution in [0, 0.1) is 16.9 Å². The molecule has 0 amide bonds. The first-order valence-corrected chi connectivity index (χ1v) is 5.60. The second-order valence-corrected chi connectivity index (χ2v) is 3.70. The highest BCUT2D eigenvalue weighted by Crippen LogP contribution is 2.20. The molecule has 0 aliphatic rings. The van der Waals surface area contributed by atoms with Gasteiger partial charge in [-0.05, 0) is 36.4 Å². The van der Waals surface area contributed by atoms with Crippen molar-refractivity contribution in [1.29, 1.82) is 10.7 Å².